The zero-order valence-electron chi connectivity index (χ0n) is 15.4. The van der Waals surface area contributed by atoms with Crippen molar-refractivity contribution in [3.63, 3.8) is 0 Å². The Hall–Kier alpha value is -3.22. The predicted molar refractivity (Wildman–Crippen MR) is 100 cm³/mol. The van der Waals surface area contributed by atoms with E-state index in [1.165, 1.54) is 13.2 Å². The van der Waals surface area contributed by atoms with Gasteiger partial charge in [0.05, 0.1) is 25.2 Å². The molecule has 0 fully saturated rings. The molecule has 7 heteroatoms. The van der Waals surface area contributed by atoms with Crippen LogP contribution in [0.4, 0.5) is 0 Å². The number of fused-ring (bicyclic) bond motifs is 1. The van der Waals surface area contributed by atoms with Crippen LogP contribution in [0.25, 0.3) is 6.08 Å². The molecule has 0 spiro atoms. The van der Waals surface area contributed by atoms with Gasteiger partial charge in [0, 0.05) is 17.2 Å². The fourth-order valence-electron chi connectivity index (χ4n) is 2.96. The first-order valence-corrected chi connectivity index (χ1v) is 8.68. The summed E-state index contributed by atoms with van der Waals surface area (Å²) in [5.74, 6) is 2.10. The molecular formula is C20H21NO6. The van der Waals surface area contributed by atoms with Gasteiger partial charge in [-0.25, -0.2) is 0 Å². The maximum absolute atomic E-state index is 11.7. The van der Waals surface area contributed by atoms with Crippen LogP contribution in [0, 0.1) is 10.1 Å². The Morgan fingerprint density at radius 2 is 1.81 bits per heavy atom. The fourth-order valence-corrected chi connectivity index (χ4v) is 2.96. The summed E-state index contributed by atoms with van der Waals surface area (Å²) in [5.41, 5.74) is 1.15. The Balaban J connectivity index is 2.07. The maximum atomic E-state index is 11.7. The average molecular weight is 371 g/mol. The van der Waals surface area contributed by atoms with Crippen molar-refractivity contribution in [2.24, 2.45) is 0 Å². The average Bonchev–Trinajstić information content (AvgIpc) is 2.68. The SMILES string of the molecule is CCOc1ccc([C@H]2Oc3c(cccc3OC)C=C2[N+](=O)[O-])cc1OCC. The summed E-state index contributed by atoms with van der Waals surface area (Å²) in [6, 6.07) is 10.5. The van der Waals surface area contributed by atoms with Crippen LogP contribution >= 0.6 is 0 Å². The van der Waals surface area contributed by atoms with E-state index in [9.17, 15) is 10.1 Å². The highest BCUT2D eigenvalue weighted by Gasteiger charge is 2.35. The van der Waals surface area contributed by atoms with Crippen LogP contribution in [0.1, 0.15) is 31.1 Å². The van der Waals surface area contributed by atoms with Crippen LogP contribution in [0.3, 0.4) is 0 Å². The summed E-state index contributed by atoms with van der Waals surface area (Å²) in [6.45, 7) is 4.68. The number of nitrogens with zero attached hydrogens (tertiary/aromatic N) is 1. The summed E-state index contributed by atoms with van der Waals surface area (Å²) < 4.78 is 22.6. The largest absolute Gasteiger partial charge is 0.493 e. The van der Waals surface area contributed by atoms with E-state index in [1.807, 2.05) is 13.8 Å². The number of rotatable bonds is 7. The van der Waals surface area contributed by atoms with Gasteiger partial charge >= 0.3 is 0 Å². The molecule has 1 atom stereocenters. The molecule has 1 aliphatic rings. The minimum absolute atomic E-state index is 0.0534. The number of methoxy groups -OCH3 is 1. The van der Waals surface area contributed by atoms with E-state index in [1.54, 1.807) is 36.4 Å². The molecule has 0 N–H and O–H groups in total. The van der Waals surface area contributed by atoms with Crippen LogP contribution in [0.15, 0.2) is 42.1 Å². The number of benzene rings is 2. The molecule has 3 rings (SSSR count). The molecule has 0 saturated carbocycles. The lowest BCUT2D eigenvalue weighted by atomic mass is 10.00. The van der Waals surface area contributed by atoms with Gasteiger partial charge in [0.2, 0.25) is 6.10 Å². The second-order valence-electron chi connectivity index (χ2n) is 5.78. The van der Waals surface area contributed by atoms with Crippen LogP contribution in [0.2, 0.25) is 0 Å². The normalized spacial score (nSPS) is 15.2. The van der Waals surface area contributed by atoms with Crippen molar-refractivity contribution in [3.8, 4) is 23.0 Å². The minimum Gasteiger partial charge on any atom is -0.493 e. The molecule has 0 radical (unpaired) electrons. The summed E-state index contributed by atoms with van der Waals surface area (Å²) >= 11 is 0. The zero-order valence-corrected chi connectivity index (χ0v) is 15.4. The van der Waals surface area contributed by atoms with Crippen molar-refractivity contribution in [3.05, 3.63) is 63.3 Å². The first-order valence-electron chi connectivity index (χ1n) is 8.68. The van der Waals surface area contributed by atoms with Gasteiger partial charge in [0.1, 0.15) is 0 Å². The molecule has 0 unspecified atom stereocenters. The Morgan fingerprint density at radius 1 is 1.07 bits per heavy atom. The van der Waals surface area contributed by atoms with E-state index in [4.69, 9.17) is 18.9 Å². The van der Waals surface area contributed by atoms with Crippen molar-refractivity contribution in [1.29, 1.82) is 0 Å². The molecule has 0 aliphatic carbocycles. The second kappa shape index (κ2) is 7.99. The maximum Gasteiger partial charge on any atom is 0.291 e. The van der Waals surface area contributed by atoms with Crippen molar-refractivity contribution in [2.45, 2.75) is 20.0 Å². The first kappa shape index (κ1) is 18.6. The van der Waals surface area contributed by atoms with E-state index < -0.39 is 11.0 Å². The lowest BCUT2D eigenvalue weighted by Crippen LogP contribution is -2.20. The highest BCUT2D eigenvalue weighted by atomic mass is 16.6. The van der Waals surface area contributed by atoms with Gasteiger partial charge in [0.25, 0.3) is 5.70 Å². The Morgan fingerprint density at radius 3 is 2.48 bits per heavy atom. The van der Waals surface area contributed by atoms with Gasteiger partial charge in [0.15, 0.2) is 23.0 Å². The van der Waals surface area contributed by atoms with Gasteiger partial charge < -0.3 is 18.9 Å². The van der Waals surface area contributed by atoms with Gasteiger partial charge in [-0.1, -0.05) is 18.2 Å². The number of para-hydroxylation sites is 1. The van der Waals surface area contributed by atoms with Crippen molar-refractivity contribution in [1.82, 2.24) is 0 Å². The van der Waals surface area contributed by atoms with Gasteiger partial charge in [-0.2, -0.15) is 0 Å². The monoisotopic (exact) mass is 371 g/mol. The van der Waals surface area contributed by atoms with Crippen LogP contribution in [0.5, 0.6) is 23.0 Å². The zero-order chi connectivity index (χ0) is 19.4. The summed E-state index contributed by atoms with van der Waals surface area (Å²) in [4.78, 5) is 11.2. The third-order valence-corrected chi connectivity index (χ3v) is 4.12. The second-order valence-corrected chi connectivity index (χ2v) is 5.78. The molecule has 0 aromatic heterocycles. The molecule has 0 bridgehead atoms. The molecule has 1 aliphatic heterocycles. The third-order valence-electron chi connectivity index (χ3n) is 4.12. The highest BCUT2D eigenvalue weighted by Crippen LogP contribution is 2.44. The van der Waals surface area contributed by atoms with E-state index in [-0.39, 0.29) is 5.70 Å². The number of hydrogen-bond acceptors (Lipinski definition) is 6. The molecular weight excluding hydrogens is 350 g/mol. The smallest absolute Gasteiger partial charge is 0.291 e. The van der Waals surface area contributed by atoms with Crippen LogP contribution < -0.4 is 18.9 Å². The third kappa shape index (κ3) is 3.67. The fraction of sp³-hybridized carbons (Fsp3) is 0.300. The van der Waals surface area contributed by atoms with Crippen LogP contribution in [-0.4, -0.2) is 25.2 Å². The predicted octanol–water partition coefficient (Wildman–Crippen LogP) is 4.24. The minimum atomic E-state index is -0.890. The summed E-state index contributed by atoms with van der Waals surface area (Å²) in [6.07, 6.45) is 0.627. The van der Waals surface area contributed by atoms with E-state index in [0.717, 1.165) is 0 Å². The van der Waals surface area contributed by atoms with E-state index >= 15 is 0 Å². The van der Waals surface area contributed by atoms with Gasteiger partial charge in [-0.15, -0.1) is 0 Å². The van der Waals surface area contributed by atoms with Gasteiger partial charge in [-0.3, -0.25) is 10.1 Å². The van der Waals surface area contributed by atoms with E-state index in [2.05, 4.69) is 0 Å². The summed E-state index contributed by atoms with van der Waals surface area (Å²) in [7, 11) is 1.53. The number of nitro groups is 1. The van der Waals surface area contributed by atoms with Crippen molar-refractivity contribution < 1.29 is 23.9 Å². The van der Waals surface area contributed by atoms with Crippen LogP contribution in [-0.2, 0) is 0 Å². The highest BCUT2D eigenvalue weighted by molar-refractivity contribution is 5.66. The quantitative estimate of drug-likeness (QED) is 0.535. The van der Waals surface area contributed by atoms with Crippen molar-refractivity contribution >= 4 is 6.08 Å². The summed E-state index contributed by atoms with van der Waals surface area (Å²) in [5, 5.41) is 11.7. The van der Waals surface area contributed by atoms with Crippen molar-refractivity contribution in [2.75, 3.05) is 20.3 Å². The molecule has 27 heavy (non-hydrogen) atoms. The molecule has 142 valence electrons. The van der Waals surface area contributed by atoms with E-state index in [0.29, 0.717) is 47.3 Å². The first-order chi connectivity index (χ1) is 13.1. The molecule has 2 aromatic carbocycles. The van der Waals surface area contributed by atoms with Gasteiger partial charge in [-0.05, 0) is 32.0 Å². The molecule has 0 amide bonds. The Labute approximate surface area is 157 Å². The molecule has 0 saturated heterocycles. The Bertz CT molecular complexity index is 877. The Kier molecular flexibility index (Phi) is 5.49. The number of ether oxygens (including phenoxy) is 4. The topological polar surface area (TPSA) is 80.1 Å². The molecule has 7 nitrogen and oxygen atoms in total. The number of hydrogen-bond donors (Lipinski definition) is 0. The standard InChI is InChI=1S/C20H21NO6/c1-4-25-16-10-9-14(12-18(16)26-5-2)19-15(21(22)23)11-13-7-6-8-17(24-3)20(13)27-19/h6-12,19H,4-5H2,1-3H3/t19-/m1/s1. The molecule has 1 heterocycles. The lowest BCUT2D eigenvalue weighted by Gasteiger charge is -2.24. The lowest BCUT2D eigenvalue weighted by molar-refractivity contribution is -0.434. The molecule has 2 aromatic rings.